The van der Waals surface area contributed by atoms with E-state index in [9.17, 15) is 4.79 Å². The molecule has 0 aliphatic carbocycles. The molecule has 2 rings (SSSR count). The second-order valence-electron chi connectivity index (χ2n) is 5.50. The van der Waals surface area contributed by atoms with Crippen molar-refractivity contribution < 1.29 is 14.6 Å². The Morgan fingerprint density at radius 3 is 3.00 bits per heavy atom. The lowest BCUT2D eigenvalue weighted by Crippen LogP contribution is -2.40. The number of aliphatic hydroxyl groups is 1. The molecular weight excluding hydrogens is 268 g/mol. The molecule has 0 saturated carbocycles. The maximum Gasteiger partial charge on any atom is 0.254 e. The molecular formula is C16H24N2O3. The van der Waals surface area contributed by atoms with Crippen molar-refractivity contribution in [2.75, 3.05) is 32.0 Å². The van der Waals surface area contributed by atoms with Crippen LogP contribution in [0.2, 0.25) is 0 Å². The molecule has 21 heavy (non-hydrogen) atoms. The van der Waals surface area contributed by atoms with Crippen molar-refractivity contribution in [3.8, 4) is 5.75 Å². The van der Waals surface area contributed by atoms with Gasteiger partial charge in [-0.15, -0.1) is 0 Å². The zero-order valence-corrected chi connectivity index (χ0v) is 12.5. The topological polar surface area (TPSA) is 75.8 Å². The van der Waals surface area contributed by atoms with E-state index in [4.69, 9.17) is 15.6 Å². The number of nitrogens with zero attached hydrogens (tertiary/aromatic N) is 1. The van der Waals surface area contributed by atoms with Crippen molar-refractivity contribution in [3.05, 3.63) is 23.8 Å². The van der Waals surface area contributed by atoms with Gasteiger partial charge in [-0.1, -0.05) is 0 Å². The van der Waals surface area contributed by atoms with Gasteiger partial charge in [-0.2, -0.15) is 0 Å². The number of nitrogen functional groups attached to an aromatic ring is 1. The third kappa shape index (κ3) is 4.11. The van der Waals surface area contributed by atoms with Crippen molar-refractivity contribution in [2.45, 2.75) is 26.2 Å². The summed E-state index contributed by atoms with van der Waals surface area (Å²) in [5, 5.41) is 9.06. The van der Waals surface area contributed by atoms with E-state index in [-0.39, 0.29) is 12.5 Å². The average Bonchev–Trinajstić information content (AvgIpc) is 2.47. The van der Waals surface area contributed by atoms with Crippen molar-refractivity contribution in [2.24, 2.45) is 5.92 Å². The first-order valence-electron chi connectivity index (χ1n) is 7.57. The van der Waals surface area contributed by atoms with Crippen LogP contribution in [0.1, 0.15) is 36.5 Å². The van der Waals surface area contributed by atoms with Crippen molar-refractivity contribution >= 4 is 11.6 Å². The van der Waals surface area contributed by atoms with E-state index >= 15 is 0 Å². The highest BCUT2D eigenvalue weighted by molar-refractivity contribution is 5.95. The van der Waals surface area contributed by atoms with E-state index in [1.54, 1.807) is 18.2 Å². The fourth-order valence-electron chi connectivity index (χ4n) is 2.85. The molecule has 0 radical (unpaired) electrons. The van der Waals surface area contributed by atoms with Gasteiger partial charge in [0.15, 0.2) is 0 Å². The molecule has 5 heteroatoms. The SMILES string of the molecule is CCOc1cc(N)cc(C(=O)N2CCCC(CCO)C2)c1. The molecule has 3 N–H and O–H groups in total. The van der Waals surface area contributed by atoms with Crippen LogP contribution in [-0.2, 0) is 0 Å². The number of amides is 1. The van der Waals surface area contributed by atoms with Gasteiger partial charge >= 0.3 is 0 Å². The Labute approximate surface area is 125 Å². The highest BCUT2D eigenvalue weighted by Crippen LogP contribution is 2.24. The van der Waals surface area contributed by atoms with Crippen LogP contribution in [0.5, 0.6) is 5.75 Å². The minimum atomic E-state index is -0.00843. The number of benzene rings is 1. The van der Waals surface area contributed by atoms with E-state index in [0.717, 1.165) is 25.8 Å². The van der Waals surface area contributed by atoms with Crippen LogP contribution in [0.3, 0.4) is 0 Å². The predicted molar refractivity (Wildman–Crippen MR) is 82.4 cm³/mol. The highest BCUT2D eigenvalue weighted by atomic mass is 16.5. The fourth-order valence-corrected chi connectivity index (χ4v) is 2.85. The number of anilines is 1. The number of hydrogen-bond acceptors (Lipinski definition) is 4. The van der Waals surface area contributed by atoms with Gasteiger partial charge < -0.3 is 20.5 Å². The van der Waals surface area contributed by atoms with Gasteiger partial charge in [0.2, 0.25) is 0 Å². The fraction of sp³-hybridized carbons (Fsp3) is 0.562. The molecule has 5 nitrogen and oxygen atoms in total. The summed E-state index contributed by atoms with van der Waals surface area (Å²) in [4.78, 5) is 14.5. The first-order valence-corrected chi connectivity index (χ1v) is 7.57. The summed E-state index contributed by atoms with van der Waals surface area (Å²) >= 11 is 0. The number of carbonyl (C=O) groups is 1. The van der Waals surface area contributed by atoms with Crippen LogP contribution in [-0.4, -0.2) is 42.2 Å². The molecule has 1 fully saturated rings. The van der Waals surface area contributed by atoms with E-state index in [0.29, 0.717) is 36.1 Å². The molecule has 1 saturated heterocycles. The molecule has 0 bridgehead atoms. The Balaban J connectivity index is 2.11. The molecule has 1 aromatic carbocycles. The maximum absolute atomic E-state index is 12.6. The Hall–Kier alpha value is -1.75. The number of hydrogen-bond donors (Lipinski definition) is 2. The summed E-state index contributed by atoms with van der Waals surface area (Å²) in [6, 6.07) is 5.17. The molecule has 0 spiro atoms. The lowest BCUT2D eigenvalue weighted by atomic mass is 9.94. The van der Waals surface area contributed by atoms with E-state index in [2.05, 4.69) is 0 Å². The first-order chi connectivity index (χ1) is 10.1. The monoisotopic (exact) mass is 292 g/mol. The smallest absolute Gasteiger partial charge is 0.254 e. The Kier molecular flexibility index (Phi) is 5.44. The van der Waals surface area contributed by atoms with Crippen LogP contribution in [0.15, 0.2) is 18.2 Å². The molecule has 1 heterocycles. The number of piperidine rings is 1. The number of aliphatic hydroxyl groups excluding tert-OH is 1. The van der Waals surface area contributed by atoms with Gasteiger partial charge in [0.25, 0.3) is 5.91 Å². The zero-order valence-electron chi connectivity index (χ0n) is 12.5. The third-order valence-electron chi connectivity index (χ3n) is 3.83. The van der Waals surface area contributed by atoms with E-state index in [1.165, 1.54) is 0 Å². The summed E-state index contributed by atoms with van der Waals surface area (Å²) in [6.45, 7) is 4.09. The second kappa shape index (κ2) is 7.31. The van der Waals surface area contributed by atoms with Crippen molar-refractivity contribution in [1.82, 2.24) is 4.90 Å². The third-order valence-corrected chi connectivity index (χ3v) is 3.83. The van der Waals surface area contributed by atoms with Gasteiger partial charge in [0.05, 0.1) is 6.61 Å². The first kappa shape index (κ1) is 15.6. The van der Waals surface area contributed by atoms with Crippen LogP contribution in [0.4, 0.5) is 5.69 Å². The summed E-state index contributed by atoms with van der Waals surface area (Å²) in [5.41, 5.74) is 6.96. The van der Waals surface area contributed by atoms with E-state index in [1.807, 2.05) is 11.8 Å². The van der Waals surface area contributed by atoms with Gasteiger partial charge in [-0.3, -0.25) is 4.79 Å². The molecule has 116 valence electrons. The van der Waals surface area contributed by atoms with Gasteiger partial charge in [-0.25, -0.2) is 0 Å². The molecule has 0 aromatic heterocycles. The molecule has 1 atom stereocenters. The van der Waals surface area contributed by atoms with Crippen molar-refractivity contribution in [1.29, 1.82) is 0 Å². The molecule has 1 aliphatic heterocycles. The van der Waals surface area contributed by atoms with Crippen LogP contribution < -0.4 is 10.5 Å². The maximum atomic E-state index is 12.6. The summed E-state index contributed by atoms with van der Waals surface area (Å²) in [5.74, 6) is 1.01. The lowest BCUT2D eigenvalue weighted by molar-refractivity contribution is 0.0653. The minimum Gasteiger partial charge on any atom is -0.494 e. The second-order valence-corrected chi connectivity index (χ2v) is 5.50. The van der Waals surface area contributed by atoms with Gasteiger partial charge in [0.1, 0.15) is 5.75 Å². The molecule has 1 aromatic rings. The molecule has 1 unspecified atom stereocenters. The number of ether oxygens (including phenoxy) is 1. The Morgan fingerprint density at radius 1 is 1.48 bits per heavy atom. The predicted octanol–water partition coefficient (Wildman–Crippen LogP) is 1.90. The van der Waals surface area contributed by atoms with Crippen LogP contribution >= 0.6 is 0 Å². The number of nitrogens with two attached hydrogens (primary N) is 1. The standard InChI is InChI=1S/C16H24N2O3/c1-2-21-15-9-13(8-14(17)10-15)16(20)18-6-3-4-12(11-18)5-7-19/h8-10,12,19H,2-7,11,17H2,1H3. The summed E-state index contributed by atoms with van der Waals surface area (Å²) in [7, 11) is 0. The lowest BCUT2D eigenvalue weighted by Gasteiger charge is -2.32. The normalized spacial score (nSPS) is 18.6. The minimum absolute atomic E-state index is 0.00843. The largest absolute Gasteiger partial charge is 0.494 e. The highest BCUT2D eigenvalue weighted by Gasteiger charge is 2.24. The quantitative estimate of drug-likeness (QED) is 0.813. The zero-order chi connectivity index (χ0) is 15.2. The van der Waals surface area contributed by atoms with Crippen LogP contribution in [0, 0.1) is 5.92 Å². The summed E-state index contributed by atoms with van der Waals surface area (Å²) in [6.07, 6.45) is 2.81. The number of carbonyl (C=O) groups excluding carboxylic acids is 1. The van der Waals surface area contributed by atoms with E-state index < -0.39 is 0 Å². The molecule has 1 aliphatic rings. The van der Waals surface area contributed by atoms with Gasteiger partial charge in [0, 0.05) is 37.0 Å². The number of likely N-dealkylation sites (tertiary alicyclic amines) is 1. The average molecular weight is 292 g/mol. The van der Waals surface area contributed by atoms with Gasteiger partial charge in [-0.05, 0) is 44.2 Å². The Bertz CT molecular complexity index is 488. The van der Waals surface area contributed by atoms with Crippen LogP contribution in [0.25, 0.3) is 0 Å². The summed E-state index contributed by atoms with van der Waals surface area (Å²) < 4.78 is 5.44. The molecule has 1 amide bonds. The van der Waals surface area contributed by atoms with Crippen molar-refractivity contribution in [3.63, 3.8) is 0 Å². The number of rotatable bonds is 5. The Morgan fingerprint density at radius 2 is 2.29 bits per heavy atom.